The second-order valence-corrected chi connectivity index (χ2v) is 4.63. The highest BCUT2D eigenvalue weighted by atomic mass is 79.9. The number of benzene rings is 1. The van der Waals surface area contributed by atoms with Gasteiger partial charge in [0.2, 0.25) is 0 Å². The van der Waals surface area contributed by atoms with Crippen molar-refractivity contribution in [1.29, 1.82) is 0 Å². The molecule has 0 aliphatic rings. The maximum atomic E-state index is 11.7. The molecule has 88 valence electrons. The third-order valence-corrected chi connectivity index (χ3v) is 2.75. The third-order valence-electron chi connectivity index (χ3n) is 2.22. The molecule has 0 aliphatic heterocycles. The molecule has 0 saturated heterocycles. The minimum atomic E-state index is 0.0836. The molecule has 2 rings (SSSR count). The molecule has 1 heterocycles. The second-order valence-electron chi connectivity index (χ2n) is 3.71. The van der Waals surface area contributed by atoms with Crippen LogP contribution in [0.15, 0.2) is 28.7 Å². The van der Waals surface area contributed by atoms with Crippen molar-refractivity contribution in [3.63, 3.8) is 0 Å². The summed E-state index contributed by atoms with van der Waals surface area (Å²) < 4.78 is 1.00. The van der Waals surface area contributed by atoms with Gasteiger partial charge in [0.05, 0.1) is 13.5 Å². The van der Waals surface area contributed by atoms with Gasteiger partial charge in [-0.1, -0.05) is 28.1 Å². The molecule has 2 aromatic rings. The molecule has 6 heteroatoms. The predicted octanol–water partition coefficient (Wildman–Crippen LogP) is 1.33. The minimum absolute atomic E-state index is 0.0836. The van der Waals surface area contributed by atoms with E-state index in [1.807, 2.05) is 24.3 Å². The molecule has 5 nitrogen and oxygen atoms in total. The maximum absolute atomic E-state index is 11.7. The highest BCUT2D eigenvalue weighted by Gasteiger charge is 2.09. The molecule has 17 heavy (non-hydrogen) atoms. The molecule has 0 unspecified atom stereocenters. The highest BCUT2D eigenvalue weighted by Crippen LogP contribution is 2.11. The van der Waals surface area contributed by atoms with Crippen LogP contribution in [0.4, 0.5) is 0 Å². The number of ketones is 1. The summed E-state index contributed by atoms with van der Waals surface area (Å²) in [6.07, 6.45) is 0.620. The zero-order valence-electron chi connectivity index (χ0n) is 9.30. The first-order chi connectivity index (χ1) is 8.13. The monoisotopic (exact) mass is 294 g/mol. The van der Waals surface area contributed by atoms with E-state index in [-0.39, 0.29) is 12.2 Å². The Morgan fingerprint density at radius 3 is 2.59 bits per heavy atom. The fraction of sp³-hybridized carbons (Fsp3) is 0.273. The van der Waals surface area contributed by atoms with Crippen LogP contribution in [0, 0.1) is 0 Å². The van der Waals surface area contributed by atoms with Crippen LogP contribution in [-0.4, -0.2) is 26.0 Å². The number of carbonyl (C=O) groups is 1. The Morgan fingerprint density at radius 2 is 2.00 bits per heavy atom. The number of hydrogen-bond acceptors (Lipinski definition) is 4. The summed E-state index contributed by atoms with van der Waals surface area (Å²) in [6, 6.07) is 7.69. The number of Topliss-reactive ketones (excluding diaryl/α,β-unsaturated/α-hetero) is 1. The van der Waals surface area contributed by atoms with Crippen molar-refractivity contribution in [3.8, 4) is 0 Å². The average Bonchev–Trinajstić information content (AvgIpc) is 2.67. The SMILES string of the molecule is Cn1nnc(CC(=O)Cc2ccc(Br)cc2)n1. The third kappa shape index (κ3) is 3.45. The van der Waals surface area contributed by atoms with Crippen LogP contribution >= 0.6 is 15.9 Å². The van der Waals surface area contributed by atoms with Crippen LogP contribution in [0.1, 0.15) is 11.4 Å². The zero-order chi connectivity index (χ0) is 12.3. The van der Waals surface area contributed by atoms with Crippen LogP contribution < -0.4 is 0 Å². The van der Waals surface area contributed by atoms with Gasteiger partial charge in [-0.15, -0.1) is 10.2 Å². The van der Waals surface area contributed by atoms with Gasteiger partial charge < -0.3 is 0 Å². The number of aromatic nitrogens is 4. The second kappa shape index (κ2) is 5.18. The Hall–Kier alpha value is -1.56. The Morgan fingerprint density at radius 1 is 1.29 bits per heavy atom. The summed E-state index contributed by atoms with van der Waals surface area (Å²) in [5, 5.41) is 11.4. The van der Waals surface area contributed by atoms with Crippen molar-refractivity contribution in [2.45, 2.75) is 12.8 Å². The summed E-state index contributed by atoms with van der Waals surface area (Å²) in [6.45, 7) is 0. The average molecular weight is 295 g/mol. The Balaban J connectivity index is 1.95. The summed E-state index contributed by atoms with van der Waals surface area (Å²) in [5.74, 6) is 0.551. The molecule has 0 bridgehead atoms. The summed E-state index contributed by atoms with van der Waals surface area (Å²) in [5.41, 5.74) is 0.988. The summed E-state index contributed by atoms with van der Waals surface area (Å²) in [4.78, 5) is 13.1. The molecule has 0 N–H and O–H groups in total. The Labute approximate surface area is 107 Å². The van der Waals surface area contributed by atoms with Gasteiger partial charge in [0.25, 0.3) is 0 Å². The number of tetrazole rings is 1. The molecule has 0 fully saturated rings. The quantitative estimate of drug-likeness (QED) is 0.853. The molecule has 0 aliphatic carbocycles. The number of aryl methyl sites for hydroxylation is 1. The number of carbonyl (C=O) groups excluding carboxylic acids is 1. The van der Waals surface area contributed by atoms with E-state index in [1.165, 1.54) is 4.80 Å². The molecular formula is C11H11BrN4O. The van der Waals surface area contributed by atoms with E-state index in [4.69, 9.17) is 0 Å². The molecular weight excluding hydrogens is 284 g/mol. The van der Waals surface area contributed by atoms with E-state index in [1.54, 1.807) is 7.05 Å². The highest BCUT2D eigenvalue weighted by molar-refractivity contribution is 9.10. The number of halogens is 1. The first kappa shape index (κ1) is 11.9. The number of rotatable bonds is 4. The van der Waals surface area contributed by atoms with Gasteiger partial charge in [-0.2, -0.15) is 4.80 Å². The summed E-state index contributed by atoms with van der Waals surface area (Å²) in [7, 11) is 1.68. The van der Waals surface area contributed by atoms with Crippen LogP contribution in [0.25, 0.3) is 0 Å². The van der Waals surface area contributed by atoms with Gasteiger partial charge in [0.15, 0.2) is 5.82 Å². The van der Waals surface area contributed by atoms with Gasteiger partial charge in [-0.05, 0) is 22.9 Å². The van der Waals surface area contributed by atoms with Crippen molar-refractivity contribution >= 4 is 21.7 Å². The van der Waals surface area contributed by atoms with Crippen molar-refractivity contribution < 1.29 is 4.79 Å². The lowest BCUT2D eigenvalue weighted by Crippen LogP contribution is -2.08. The first-order valence-electron chi connectivity index (χ1n) is 5.12. The molecule has 0 atom stereocenters. The number of nitrogens with zero attached hydrogens (tertiary/aromatic N) is 4. The van der Waals surface area contributed by atoms with Gasteiger partial charge >= 0.3 is 0 Å². The fourth-order valence-corrected chi connectivity index (χ4v) is 1.73. The lowest BCUT2D eigenvalue weighted by atomic mass is 10.1. The number of hydrogen-bond donors (Lipinski definition) is 0. The molecule has 0 saturated carbocycles. The van der Waals surface area contributed by atoms with E-state index in [0.29, 0.717) is 12.2 Å². The fourth-order valence-electron chi connectivity index (χ4n) is 1.46. The van der Waals surface area contributed by atoms with Gasteiger partial charge in [-0.25, -0.2) is 0 Å². The standard InChI is InChI=1S/C11H11BrN4O/c1-16-14-11(13-15-16)7-10(17)6-8-2-4-9(12)5-3-8/h2-5H,6-7H2,1H3. The van der Waals surface area contributed by atoms with Gasteiger partial charge in [0.1, 0.15) is 5.78 Å². The van der Waals surface area contributed by atoms with E-state index in [9.17, 15) is 4.79 Å². The first-order valence-corrected chi connectivity index (χ1v) is 5.92. The van der Waals surface area contributed by atoms with Crippen LogP contribution in [0.3, 0.4) is 0 Å². The zero-order valence-corrected chi connectivity index (χ0v) is 10.9. The van der Waals surface area contributed by atoms with Crippen molar-refractivity contribution in [2.24, 2.45) is 7.05 Å². The smallest absolute Gasteiger partial charge is 0.182 e. The van der Waals surface area contributed by atoms with Crippen LogP contribution in [0.5, 0.6) is 0 Å². The van der Waals surface area contributed by atoms with E-state index >= 15 is 0 Å². The van der Waals surface area contributed by atoms with Gasteiger partial charge in [-0.3, -0.25) is 4.79 Å². The Kier molecular flexibility index (Phi) is 3.63. The van der Waals surface area contributed by atoms with Crippen molar-refractivity contribution in [1.82, 2.24) is 20.2 Å². The predicted molar refractivity (Wildman–Crippen MR) is 65.4 cm³/mol. The van der Waals surface area contributed by atoms with Crippen molar-refractivity contribution in [3.05, 3.63) is 40.1 Å². The van der Waals surface area contributed by atoms with Crippen LogP contribution in [-0.2, 0) is 24.7 Å². The maximum Gasteiger partial charge on any atom is 0.182 e. The van der Waals surface area contributed by atoms with E-state index in [2.05, 4.69) is 31.3 Å². The molecule has 0 radical (unpaired) electrons. The van der Waals surface area contributed by atoms with E-state index in [0.717, 1.165) is 10.0 Å². The molecule has 0 amide bonds. The lowest BCUT2D eigenvalue weighted by molar-refractivity contribution is -0.117. The lowest BCUT2D eigenvalue weighted by Gasteiger charge is -1.99. The normalized spacial score (nSPS) is 10.5. The topological polar surface area (TPSA) is 60.7 Å². The van der Waals surface area contributed by atoms with Crippen molar-refractivity contribution in [2.75, 3.05) is 0 Å². The summed E-state index contributed by atoms with van der Waals surface area (Å²) >= 11 is 3.35. The molecule has 1 aromatic carbocycles. The largest absolute Gasteiger partial charge is 0.299 e. The van der Waals surface area contributed by atoms with Crippen LogP contribution in [0.2, 0.25) is 0 Å². The van der Waals surface area contributed by atoms with Gasteiger partial charge in [0, 0.05) is 10.9 Å². The minimum Gasteiger partial charge on any atom is -0.299 e. The van der Waals surface area contributed by atoms with E-state index < -0.39 is 0 Å². The molecule has 0 spiro atoms. The molecule has 1 aromatic heterocycles. The Bertz CT molecular complexity index is 521.